The minimum absolute atomic E-state index is 0.239. The molecule has 2 saturated heterocycles. The lowest BCUT2D eigenvalue weighted by molar-refractivity contribution is -0.159. The highest BCUT2D eigenvalue weighted by Gasteiger charge is 2.63. The molecular formula is C23H23ClN4O3. The number of hydrogen-bond acceptors (Lipinski definition) is 5. The number of fused-ring (bicyclic) bond motifs is 4. The Morgan fingerprint density at radius 3 is 2.29 bits per heavy atom. The summed E-state index contributed by atoms with van der Waals surface area (Å²) in [5.74, 6) is -0.878. The molecule has 2 aromatic rings. The fraction of sp³-hybridized carbons (Fsp3) is 0.348. The molecule has 3 heterocycles. The second-order valence-electron chi connectivity index (χ2n) is 8.42. The number of barbiturate groups is 1. The molecule has 0 aliphatic carbocycles. The Kier molecular flexibility index (Phi) is 4.48. The number of carbonyl (C=O) groups excluding carboxylic acids is 3. The Bertz CT molecular complexity index is 1070. The molecule has 0 bridgehead atoms. The summed E-state index contributed by atoms with van der Waals surface area (Å²) in [6.45, 7) is 1.87. The van der Waals surface area contributed by atoms with Gasteiger partial charge in [0.05, 0.1) is 6.04 Å². The predicted molar refractivity (Wildman–Crippen MR) is 118 cm³/mol. The zero-order valence-electron chi connectivity index (χ0n) is 17.4. The largest absolute Gasteiger partial charge is 0.368 e. The lowest BCUT2D eigenvalue weighted by Gasteiger charge is -2.56. The van der Waals surface area contributed by atoms with E-state index < -0.39 is 29.3 Å². The number of nitrogens with zero attached hydrogens (tertiary/aromatic N) is 4. The van der Waals surface area contributed by atoms with Crippen LogP contribution in [0.4, 0.5) is 16.2 Å². The van der Waals surface area contributed by atoms with Crippen LogP contribution in [0.2, 0.25) is 5.02 Å². The highest BCUT2D eigenvalue weighted by atomic mass is 35.5. The molecule has 0 aromatic heterocycles. The summed E-state index contributed by atoms with van der Waals surface area (Å²) >= 11 is 6.30. The van der Waals surface area contributed by atoms with Gasteiger partial charge in [-0.1, -0.05) is 35.9 Å². The molecule has 8 heteroatoms. The lowest BCUT2D eigenvalue weighted by Crippen LogP contribution is -2.74. The van der Waals surface area contributed by atoms with E-state index in [0.29, 0.717) is 18.1 Å². The summed E-state index contributed by atoms with van der Waals surface area (Å²) in [7, 11) is 2.91. The Morgan fingerprint density at radius 1 is 0.935 bits per heavy atom. The normalized spacial score (nSPS) is 22.7. The third-order valence-corrected chi connectivity index (χ3v) is 7.08. The zero-order chi connectivity index (χ0) is 21.9. The van der Waals surface area contributed by atoms with E-state index in [2.05, 4.69) is 9.80 Å². The Balaban J connectivity index is 1.66. The number of amides is 4. The third kappa shape index (κ3) is 2.76. The smallest absolute Gasteiger partial charge is 0.332 e. The summed E-state index contributed by atoms with van der Waals surface area (Å²) < 4.78 is 0. The number of rotatable bonds is 1. The molecule has 3 aliphatic heterocycles. The number of halogens is 1. The zero-order valence-corrected chi connectivity index (χ0v) is 18.2. The monoisotopic (exact) mass is 438 g/mol. The van der Waals surface area contributed by atoms with Gasteiger partial charge in [0.15, 0.2) is 5.41 Å². The van der Waals surface area contributed by atoms with Crippen LogP contribution >= 0.6 is 11.6 Å². The molecule has 1 unspecified atom stereocenters. The maximum atomic E-state index is 13.6. The van der Waals surface area contributed by atoms with Gasteiger partial charge in [0.2, 0.25) is 11.8 Å². The molecule has 4 amide bonds. The topological polar surface area (TPSA) is 64.2 Å². The Hall–Kier alpha value is -3.06. The van der Waals surface area contributed by atoms with Crippen LogP contribution in [0.15, 0.2) is 48.5 Å². The molecule has 0 radical (unpaired) electrons. The van der Waals surface area contributed by atoms with Crippen LogP contribution in [0, 0.1) is 5.41 Å². The third-order valence-electron chi connectivity index (χ3n) is 6.84. The van der Waals surface area contributed by atoms with Gasteiger partial charge in [0, 0.05) is 50.1 Å². The van der Waals surface area contributed by atoms with Gasteiger partial charge >= 0.3 is 6.03 Å². The van der Waals surface area contributed by atoms with Crippen LogP contribution < -0.4 is 9.80 Å². The van der Waals surface area contributed by atoms with Crippen molar-refractivity contribution in [3.05, 3.63) is 59.1 Å². The summed E-state index contributed by atoms with van der Waals surface area (Å²) in [5.41, 5.74) is 1.53. The van der Waals surface area contributed by atoms with Gasteiger partial charge in [-0.05, 0) is 36.2 Å². The van der Waals surface area contributed by atoms with Crippen LogP contribution in [0.1, 0.15) is 5.56 Å². The van der Waals surface area contributed by atoms with Crippen molar-refractivity contribution in [2.75, 3.05) is 43.5 Å². The highest BCUT2D eigenvalue weighted by Crippen LogP contribution is 2.47. The van der Waals surface area contributed by atoms with Gasteiger partial charge in [-0.3, -0.25) is 19.4 Å². The van der Waals surface area contributed by atoms with Crippen LogP contribution in [-0.2, 0) is 16.0 Å². The number of para-hydroxylation sites is 1. The number of anilines is 2. The molecule has 0 saturated carbocycles. The standard InChI is InChI=1S/C23H23ClN4O3/c1-25-20(29)23(21(30)26(2)22(25)31)13-15-8-9-16(24)12-18(15)28-11-10-27(14-19(23)28)17-6-4-3-5-7-17/h3-9,12,19H,10-11,13-14H2,1-2H3. The first-order valence-electron chi connectivity index (χ1n) is 10.3. The molecule has 31 heavy (non-hydrogen) atoms. The van der Waals surface area contributed by atoms with Gasteiger partial charge in [-0.15, -0.1) is 0 Å². The first-order valence-corrected chi connectivity index (χ1v) is 10.7. The number of urea groups is 1. The molecule has 7 nitrogen and oxygen atoms in total. The number of piperazine rings is 1. The van der Waals surface area contributed by atoms with Crippen molar-refractivity contribution in [3.63, 3.8) is 0 Å². The van der Waals surface area contributed by atoms with Crippen LogP contribution in [0.25, 0.3) is 0 Å². The van der Waals surface area contributed by atoms with Crippen LogP contribution in [-0.4, -0.2) is 67.4 Å². The van der Waals surface area contributed by atoms with Gasteiger partial charge in [-0.2, -0.15) is 0 Å². The molecule has 1 atom stereocenters. The van der Waals surface area contributed by atoms with Gasteiger partial charge in [-0.25, -0.2) is 4.79 Å². The fourth-order valence-electron chi connectivity index (χ4n) is 5.26. The van der Waals surface area contributed by atoms with E-state index in [9.17, 15) is 14.4 Å². The number of carbonyl (C=O) groups is 3. The van der Waals surface area contributed by atoms with Crippen LogP contribution in [0.5, 0.6) is 0 Å². The maximum Gasteiger partial charge on any atom is 0.332 e. The van der Waals surface area contributed by atoms with E-state index in [1.165, 1.54) is 14.1 Å². The second-order valence-corrected chi connectivity index (χ2v) is 8.86. The van der Waals surface area contributed by atoms with E-state index in [1.807, 2.05) is 42.5 Å². The molecule has 160 valence electrons. The van der Waals surface area contributed by atoms with E-state index in [-0.39, 0.29) is 6.42 Å². The quantitative estimate of drug-likeness (QED) is 0.640. The highest BCUT2D eigenvalue weighted by molar-refractivity contribution is 6.31. The molecule has 2 fully saturated rings. The van der Waals surface area contributed by atoms with Gasteiger partial charge in [0.25, 0.3) is 0 Å². The van der Waals surface area contributed by atoms with E-state index in [4.69, 9.17) is 11.6 Å². The van der Waals surface area contributed by atoms with Gasteiger partial charge < -0.3 is 9.80 Å². The molecule has 1 spiro atoms. The summed E-state index contributed by atoms with van der Waals surface area (Å²) in [6, 6.07) is 14.5. The first kappa shape index (κ1) is 19.9. The SMILES string of the molecule is CN1C(=O)N(C)C(=O)C2(Cc3ccc(Cl)cc3N3CCN(c4ccccc4)CC32)C1=O. The van der Waals surface area contributed by atoms with Crippen molar-refractivity contribution >= 4 is 40.8 Å². The summed E-state index contributed by atoms with van der Waals surface area (Å²) in [4.78, 5) is 46.2. The average molecular weight is 439 g/mol. The van der Waals surface area contributed by atoms with Crippen molar-refractivity contribution in [1.82, 2.24) is 9.80 Å². The number of hydrogen-bond donors (Lipinski definition) is 0. The van der Waals surface area contributed by atoms with Crippen molar-refractivity contribution in [3.8, 4) is 0 Å². The summed E-state index contributed by atoms with van der Waals surface area (Å²) in [5, 5.41) is 0.615. The van der Waals surface area contributed by atoms with Crippen molar-refractivity contribution in [1.29, 1.82) is 0 Å². The Morgan fingerprint density at radius 2 is 1.61 bits per heavy atom. The van der Waals surface area contributed by atoms with Crippen LogP contribution in [0.3, 0.4) is 0 Å². The minimum atomic E-state index is -1.37. The Labute approximate surface area is 185 Å². The average Bonchev–Trinajstić information content (AvgIpc) is 2.80. The van der Waals surface area contributed by atoms with Gasteiger partial charge in [0.1, 0.15) is 0 Å². The van der Waals surface area contributed by atoms with Crippen molar-refractivity contribution in [2.24, 2.45) is 5.41 Å². The van der Waals surface area contributed by atoms with Crippen molar-refractivity contribution in [2.45, 2.75) is 12.5 Å². The van der Waals surface area contributed by atoms with E-state index in [0.717, 1.165) is 33.3 Å². The molecule has 3 aliphatic rings. The number of imide groups is 2. The van der Waals surface area contributed by atoms with E-state index >= 15 is 0 Å². The fourth-order valence-corrected chi connectivity index (χ4v) is 5.43. The van der Waals surface area contributed by atoms with Crippen molar-refractivity contribution < 1.29 is 14.4 Å². The predicted octanol–water partition coefficient (Wildman–Crippen LogP) is 2.63. The maximum absolute atomic E-state index is 13.6. The first-order chi connectivity index (χ1) is 14.8. The molecule has 5 rings (SSSR count). The minimum Gasteiger partial charge on any atom is -0.368 e. The molecule has 0 N–H and O–H groups in total. The molecule has 2 aromatic carbocycles. The summed E-state index contributed by atoms with van der Waals surface area (Å²) in [6.07, 6.45) is 0.239. The van der Waals surface area contributed by atoms with E-state index in [1.54, 1.807) is 6.07 Å². The lowest BCUT2D eigenvalue weighted by atomic mass is 9.67. The number of benzene rings is 2. The molecular weight excluding hydrogens is 416 g/mol. The second kappa shape index (κ2) is 6.99.